The van der Waals surface area contributed by atoms with Crippen LogP contribution in [0, 0.1) is 12.8 Å². The fraction of sp³-hybridized carbons (Fsp3) is 0.517. The van der Waals surface area contributed by atoms with E-state index in [1.165, 1.54) is 0 Å². The molecule has 3 aromatic rings. The Bertz CT molecular complexity index is 1680. The van der Waals surface area contributed by atoms with Crippen LogP contribution in [0.2, 0.25) is 0 Å². The minimum absolute atomic E-state index is 0.0315. The van der Waals surface area contributed by atoms with Crippen molar-refractivity contribution in [1.82, 2.24) is 14.5 Å². The molecule has 0 radical (unpaired) electrons. The number of nitrogens with one attached hydrogen (secondary N) is 1. The lowest BCUT2D eigenvalue weighted by Crippen LogP contribution is -2.19. The summed E-state index contributed by atoms with van der Waals surface area (Å²) in [6, 6.07) is 6.68. The monoisotopic (exact) mass is 583 g/mol. The molecule has 3 atom stereocenters. The summed E-state index contributed by atoms with van der Waals surface area (Å²) >= 11 is 0. The van der Waals surface area contributed by atoms with E-state index in [-0.39, 0.29) is 29.7 Å². The maximum Gasteiger partial charge on any atom is 0.216 e. The average Bonchev–Trinajstić information content (AvgIpc) is 3.39. The second-order valence-corrected chi connectivity index (χ2v) is 13.8. The molecule has 1 aromatic carbocycles. The highest BCUT2D eigenvalue weighted by molar-refractivity contribution is 7.90. The number of nitrogens with zero attached hydrogens (tertiary/aromatic N) is 4. The quantitative estimate of drug-likeness (QED) is 0.408. The fourth-order valence-corrected chi connectivity index (χ4v) is 6.29. The molecular formula is C29H34FN5O5S. The minimum atomic E-state index is -3.68. The van der Waals surface area contributed by atoms with Crippen molar-refractivity contribution in [3.8, 4) is 0 Å². The summed E-state index contributed by atoms with van der Waals surface area (Å²) in [4.78, 5) is 26.9. The molecule has 12 heteroatoms. The van der Waals surface area contributed by atoms with Gasteiger partial charge in [0.05, 0.1) is 33.4 Å². The molecule has 1 aliphatic carbocycles. The number of imidazole rings is 1. The zero-order valence-corrected chi connectivity index (χ0v) is 24.4. The number of benzene rings is 1. The molecule has 1 N–H and O–H groups in total. The lowest BCUT2D eigenvalue weighted by Gasteiger charge is -2.25. The Balaban J connectivity index is 1.44. The molecule has 2 aliphatic heterocycles. The number of Topliss-reactive ketones (excluding diaryl/α,β-unsaturated/α-hetero) is 1. The second kappa shape index (κ2) is 10.2. The molecule has 4 heterocycles. The van der Waals surface area contributed by atoms with Gasteiger partial charge < -0.3 is 14.8 Å². The molecule has 218 valence electrons. The number of hydrogen-bond acceptors (Lipinski definition) is 9. The largest absolute Gasteiger partial charge is 0.475 e. The van der Waals surface area contributed by atoms with Gasteiger partial charge in [0, 0.05) is 24.8 Å². The Morgan fingerprint density at radius 2 is 1.98 bits per heavy atom. The average molecular weight is 584 g/mol. The number of aliphatic imine (C=N–C) groups is 1. The minimum Gasteiger partial charge on any atom is -0.475 e. The first-order valence-electron chi connectivity index (χ1n) is 13.9. The van der Waals surface area contributed by atoms with E-state index in [2.05, 4.69) is 10.3 Å². The van der Waals surface area contributed by atoms with Gasteiger partial charge in [-0.15, -0.1) is 0 Å². The van der Waals surface area contributed by atoms with Crippen LogP contribution in [0.1, 0.15) is 62.8 Å². The van der Waals surface area contributed by atoms with Gasteiger partial charge in [0.2, 0.25) is 5.90 Å². The maximum absolute atomic E-state index is 13.6. The third-order valence-electron chi connectivity index (χ3n) is 7.67. The number of aromatic nitrogens is 3. The van der Waals surface area contributed by atoms with Crippen LogP contribution < -0.4 is 5.32 Å². The molecule has 1 saturated heterocycles. The van der Waals surface area contributed by atoms with Gasteiger partial charge in [0.25, 0.3) is 0 Å². The summed E-state index contributed by atoms with van der Waals surface area (Å²) in [6.07, 6.45) is 2.80. The number of pyridine rings is 1. The van der Waals surface area contributed by atoms with E-state index < -0.39 is 27.5 Å². The Kier molecular flexibility index (Phi) is 6.88. The third-order valence-corrected chi connectivity index (χ3v) is 8.80. The standard InChI is InChI=1S/C29H34FN5O5S/c1-16-31-26-22(33-21-9-8-17(11-24(21)41(4,37)38)28-34-29(2,3)15-40-28)12-18(13-23(36)19-14-20(19)30)32-27(26)35(16)25-7-5-6-10-39-25/h8-9,11-12,19-20,25H,5-7,10,13-15H2,1-4H3,(H,32,33)/t19-,20+,25?/m1/s1. The van der Waals surface area contributed by atoms with Gasteiger partial charge in [-0.05, 0) is 70.7 Å². The van der Waals surface area contributed by atoms with Gasteiger partial charge in [-0.3, -0.25) is 9.36 Å². The summed E-state index contributed by atoms with van der Waals surface area (Å²) in [7, 11) is -3.68. The number of carbonyl (C=O) groups excluding carboxylic acids is 1. The number of rotatable bonds is 8. The molecule has 6 rings (SSSR count). The Hall–Kier alpha value is -3.38. The zero-order chi connectivity index (χ0) is 29.1. The number of ketones is 1. The van der Waals surface area contributed by atoms with Crippen LogP contribution in [0.5, 0.6) is 0 Å². The Morgan fingerprint density at radius 1 is 1.20 bits per heavy atom. The molecule has 2 aromatic heterocycles. The predicted octanol–water partition coefficient (Wildman–Crippen LogP) is 4.61. The van der Waals surface area contributed by atoms with Crippen molar-refractivity contribution in [1.29, 1.82) is 0 Å². The zero-order valence-electron chi connectivity index (χ0n) is 23.6. The van der Waals surface area contributed by atoms with Gasteiger partial charge in [-0.1, -0.05) is 0 Å². The first-order valence-corrected chi connectivity index (χ1v) is 15.8. The number of halogens is 1. The summed E-state index contributed by atoms with van der Waals surface area (Å²) in [6.45, 7) is 6.79. The lowest BCUT2D eigenvalue weighted by atomic mass is 10.1. The van der Waals surface area contributed by atoms with Gasteiger partial charge in [-0.25, -0.2) is 27.8 Å². The van der Waals surface area contributed by atoms with Crippen LogP contribution in [0.3, 0.4) is 0 Å². The number of hydrogen-bond donors (Lipinski definition) is 1. The molecule has 41 heavy (non-hydrogen) atoms. The first-order chi connectivity index (χ1) is 19.4. The molecule has 1 saturated carbocycles. The van der Waals surface area contributed by atoms with E-state index in [9.17, 15) is 17.6 Å². The number of aryl methyl sites for hydroxylation is 1. The van der Waals surface area contributed by atoms with E-state index in [1.807, 2.05) is 25.3 Å². The number of alkyl halides is 1. The third kappa shape index (κ3) is 5.59. The molecule has 0 bridgehead atoms. The van der Waals surface area contributed by atoms with Gasteiger partial charge in [0.15, 0.2) is 15.5 Å². The summed E-state index contributed by atoms with van der Waals surface area (Å²) in [5, 5.41) is 3.27. The van der Waals surface area contributed by atoms with Crippen molar-refractivity contribution in [2.45, 2.75) is 75.7 Å². The molecular weight excluding hydrogens is 549 g/mol. The van der Waals surface area contributed by atoms with Crippen molar-refractivity contribution < 1.29 is 27.1 Å². The van der Waals surface area contributed by atoms with E-state index in [0.717, 1.165) is 25.5 Å². The highest BCUT2D eigenvalue weighted by atomic mass is 32.2. The second-order valence-electron chi connectivity index (χ2n) is 11.8. The van der Waals surface area contributed by atoms with E-state index in [1.54, 1.807) is 24.3 Å². The lowest BCUT2D eigenvalue weighted by molar-refractivity contribution is -0.120. The van der Waals surface area contributed by atoms with E-state index >= 15 is 0 Å². The molecule has 0 amide bonds. The van der Waals surface area contributed by atoms with Crippen molar-refractivity contribution in [3.05, 3.63) is 41.3 Å². The van der Waals surface area contributed by atoms with Crippen molar-refractivity contribution in [2.24, 2.45) is 10.9 Å². The number of ether oxygens (including phenoxy) is 2. The summed E-state index contributed by atoms with van der Waals surface area (Å²) in [5.74, 6) is 0.294. The predicted molar refractivity (Wildman–Crippen MR) is 152 cm³/mol. The van der Waals surface area contributed by atoms with Crippen LogP contribution in [0.4, 0.5) is 15.8 Å². The molecule has 10 nitrogen and oxygen atoms in total. The molecule has 1 unspecified atom stereocenters. The molecule has 0 spiro atoms. The number of anilines is 2. The normalized spacial score (nSPS) is 23.7. The van der Waals surface area contributed by atoms with Crippen LogP contribution >= 0.6 is 0 Å². The van der Waals surface area contributed by atoms with Crippen LogP contribution in [-0.2, 0) is 30.5 Å². The van der Waals surface area contributed by atoms with E-state index in [0.29, 0.717) is 58.7 Å². The maximum atomic E-state index is 13.6. The topological polar surface area (TPSA) is 125 Å². The van der Waals surface area contributed by atoms with Crippen LogP contribution in [0.15, 0.2) is 34.2 Å². The summed E-state index contributed by atoms with van der Waals surface area (Å²) in [5.41, 5.74) is 2.51. The highest BCUT2D eigenvalue weighted by Gasteiger charge is 2.43. The SMILES string of the molecule is Cc1nc2c(Nc3ccc(C4=NC(C)(C)CO4)cc3S(C)(=O)=O)cc(CC(=O)[C@@H]3C[C@@H]3F)nc2n1C1CCCCO1. The first kappa shape index (κ1) is 27.8. The number of sulfone groups is 1. The smallest absolute Gasteiger partial charge is 0.216 e. The Morgan fingerprint density at radius 3 is 2.61 bits per heavy atom. The number of carbonyl (C=O) groups is 1. The Labute approximate surface area is 238 Å². The van der Waals surface area contributed by atoms with Gasteiger partial charge in [0.1, 0.15) is 36.1 Å². The van der Waals surface area contributed by atoms with Gasteiger partial charge >= 0.3 is 0 Å². The molecule has 2 fully saturated rings. The number of fused-ring (bicyclic) bond motifs is 1. The van der Waals surface area contributed by atoms with Crippen LogP contribution in [0.25, 0.3) is 11.2 Å². The highest BCUT2D eigenvalue weighted by Crippen LogP contribution is 2.37. The van der Waals surface area contributed by atoms with Gasteiger partial charge in [-0.2, -0.15) is 0 Å². The van der Waals surface area contributed by atoms with E-state index in [4.69, 9.17) is 19.4 Å². The van der Waals surface area contributed by atoms with Crippen molar-refractivity contribution in [2.75, 3.05) is 24.8 Å². The molecule has 3 aliphatic rings. The fourth-order valence-electron chi connectivity index (χ4n) is 5.43. The van der Waals surface area contributed by atoms with Crippen molar-refractivity contribution in [3.63, 3.8) is 0 Å². The van der Waals surface area contributed by atoms with Crippen LogP contribution in [-0.4, -0.2) is 65.8 Å². The van der Waals surface area contributed by atoms with Crippen molar-refractivity contribution >= 4 is 44.1 Å². The summed E-state index contributed by atoms with van der Waals surface area (Å²) < 4.78 is 53.2.